The van der Waals surface area contributed by atoms with Gasteiger partial charge in [0.1, 0.15) is 4.60 Å². The topological polar surface area (TPSA) is 12.9 Å². The van der Waals surface area contributed by atoms with Crippen LogP contribution in [0.5, 0.6) is 0 Å². The molecule has 114 valence electrons. The van der Waals surface area contributed by atoms with Gasteiger partial charge in [-0.3, -0.25) is 0 Å². The minimum atomic E-state index is 0.976. The summed E-state index contributed by atoms with van der Waals surface area (Å²) in [5.41, 5.74) is 2.62. The van der Waals surface area contributed by atoms with Gasteiger partial charge in [-0.05, 0) is 46.8 Å². The maximum Gasteiger partial charge on any atom is 0.108 e. The Bertz CT molecular complexity index is 362. The molecule has 0 unspecified atom stereocenters. The lowest BCUT2D eigenvalue weighted by atomic mass is 10.0. The van der Waals surface area contributed by atoms with Gasteiger partial charge in [0.25, 0.3) is 0 Å². The molecule has 1 heterocycles. The number of aryl methyl sites for hydroxylation is 2. The van der Waals surface area contributed by atoms with Crippen molar-refractivity contribution in [2.24, 2.45) is 0 Å². The Labute approximate surface area is 133 Å². The van der Waals surface area contributed by atoms with Gasteiger partial charge >= 0.3 is 0 Å². The molecule has 0 N–H and O–H groups in total. The minimum absolute atomic E-state index is 0.976. The zero-order valence-corrected chi connectivity index (χ0v) is 14.8. The number of pyridine rings is 1. The van der Waals surface area contributed by atoms with E-state index in [1.807, 2.05) is 6.20 Å². The molecule has 0 aliphatic heterocycles. The van der Waals surface area contributed by atoms with Gasteiger partial charge in [-0.2, -0.15) is 0 Å². The van der Waals surface area contributed by atoms with E-state index in [4.69, 9.17) is 0 Å². The van der Waals surface area contributed by atoms with Gasteiger partial charge in [0.15, 0.2) is 0 Å². The van der Waals surface area contributed by atoms with E-state index in [-0.39, 0.29) is 0 Å². The third-order valence-electron chi connectivity index (χ3n) is 3.89. The van der Waals surface area contributed by atoms with Crippen LogP contribution in [0.15, 0.2) is 16.9 Å². The van der Waals surface area contributed by atoms with E-state index in [0.29, 0.717) is 0 Å². The van der Waals surface area contributed by atoms with E-state index < -0.39 is 0 Å². The van der Waals surface area contributed by atoms with Crippen LogP contribution in [-0.2, 0) is 6.42 Å². The number of hydrogen-bond donors (Lipinski definition) is 0. The first kappa shape index (κ1) is 17.7. The molecule has 1 aromatic rings. The number of halogens is 1. The van der Waals surface area contributed by atoms with E-state index in [9.17, 15) is 0 Å². The summed E-state index contributed by atoms with van der Waals surface area (Å²) in [5, 5.41) is 0. The molecule has 0 aliphatic rings. The van der Waals surface area contributed by atoms with Crippen LogP contribution in [0.2, 0.25) is 0 Å². The lowest BCUT2D eigenvalue weighted by molar-refractivity contribution is 0.556. The number of hydrogen-bond acceptors (Lipinski definition) is 1. The molecule has 1 aromatic heterocycles. The van der Waals surface area contributed by atoms with Crippen LogP contribution in [0.3, 0.4) is 0 Å². The Kier molecular flexibility index (Phi) is 10.00. The average Bonchev–Trinajstić information content (AvgIpc) is 2.45. The van der Waals surface area contributed by atoms with Gasteiger partial charge in [-0.25, -0.2) is 4.98 Å². The summed E-state index contributed by atoms with van der Waals surface area (Å²) in [6.07, 6.45) is 17.2. The number of rotatable bonds is 11. The summed E-state index contributed by atoms with van der Waals surface area (Å²) in [5.74, 6) is 0. The van der Waals surface area contributed by atoms with Crippen molar-refractivity contribution in [1.82, 2.24) is 4.98 Å². The monoisotopic (exact) mass is 339 g/mol. The van der Waals surface area contributed by atoms with Crippen LogP contribution in [-0.4, -0.2) is 4.98 Å². The fraction of sp³-hybridized carbons (Fsp3) is 0.722. The highest BCUT2D eigenvalue weighted by Gasteiger charge is 1.99. The molecule has 0 atom stereocenters. The highest BCUT2D eigenvalue weighted by molar-refractivity contribution is 9.10. The van der Waals surface area contributed by atoms with Crippen molar-refractivity contribution in [3.05, 3.63) is 28.0 Å². The third-order valence-corrected chi connectivity index (χ3v) is 4.72. The normalized spacial score (nSPS) is 10.9. The second-order valence-electron chi connectivity index (χ2n) is 5.88. The number of aromatic nitrogens is 1. The van der Waals surface area contributed by atoms with Gasteiger partial charge in [-0.1, -0.05) is 70.8 Å². The van der Waals surface area contributed by atoms with Gasteiger partial charge < -0.3 is 0 Å². The second-order valence-corrected chi connectivity index (χ2v) is 6.63. The molecule has 0 bridgehead atoms. The average molecular weight is 340 g/mol. The summed E-state index contributed by atoms with van der Waals surface area (Å²) in [6.45, 7) is 4.39. The molecular weight excluding hydrogens is 310 g/mol. The van der Waals surface area contributed by atoms with Gasteiger partial charge in [0, 0.05) is 6.20 Å². The molecule has 1 nitrogen and oxygen atoms in total. The van der Waals surface area contributed by atoms with E-state index in [0.717, 1.165) is 4.60 Å². The van der Waals surface area contributed by atoms with Crippen LogP contribution in [0.1, 0.15) is 82.3 Å². The quantitative estimate of drug-likeness (QED) is 0.326. The summed E-state index contributed by atoms with van der Waals surface area (Å²) in [7, 11) is 0. The van der Waals surface area contributed by atoms with Gasteiger partial charge in [0.05, 0.1) is 0 Å². The Morgan fingerprint density at radius 3 is 2.00 bits per heavy atom. The van der Waals surface area contributed by atoms with E-state index in [1.54, 1.807) is 0 Å². The van der Waals surface area contributed by atoms with E-state index in [2.05, 4.69) is 40.8 Å². The van der Waals surface area contributed by atoms with Crippen molar-refractivity contribution in [3.63, 3.8) is 0 Å². The van der Waals surface area contributed by atoms with Crippen LogP contribution < -0.4 is 0 Å². The standard InChI is InChI=1S/C18H30BrN/c1-3-4-5-6-7-8-9-10-11-12-13-17-14-16(2)18(19)20-15-17/h14-15H,3-13H2,1-2H3. The van der Waals surface area contributed by atoms with Crippen molar-refractivity contribution in [2.45, 2.75) is 84.5 Å². The van der Waals surface area contributed by atoms with Crippen molar-refractivity contribution in [1.29, 1.82) is 0 Å². The highest BCUT2D eigenvalue weighted by atomic mass is 79.9. The molecule has 0 saturated carbocycles. The van der Waals surface area contributed by atoms with Crippen LogP contribution in [0, 0.1) is 6.92 Å². The Morgan fingerprint density at radius 1 is 0.900 bits per heavy atom. The van der Waals surface area contributed by atoms with Gasteiger partial charge in [0.2, 0.25) is 0 Å². The van der Waals surface area contributed by atoms with Crippen molar-refractivity contribution in [3.8, 4) is 0 Å². The summed E-state index contributed by atoms with van der Waals surface area (Å²) < 4.78 is 0.976. The van der Waals surface area contributed by atoms with Crippen LogP contribution >= 0.6 is 15.9 Å². The number of unbranched alkanes of at least 4 members (excludes halogenated alkanes) is 9. The third kappa shape index (κ3) is 8.04. The molecule has 0 saturated heterocycles. The molecule has 0 fully saturated rings. The molecular formula is C18H30BrN. The highest BCUT2D eigenvalue weighted by Crippen LogP contribution is 2.16. The zero-order chi connectivity index (χ0) is 14.6. The lowest BCUT2D eigenvalue weighted by Gasteiger charge is -2.04. The van der Waals surface area contributed by atoms with Crippen molar-refractivity contribution < 1.29 is 0 Å². The first-order valence-corrected chi connectivity index (χ1v) is 9.14. The summed E-state index contributed by atoms with van der Waals surface area (Å²) >= 11 is 3.45. The maximum atomic E-state index is 4.36. The lowest BCUT2D eigenvalue weighted by Crippen LogP contribution is -1.90. The Balaban J connectivity index is 1.95. The fourth-order valence-electron chi connectivity index (χ4n) is 2.57. The predicted molar refractivity (Wildman–Crippen MR) is 92.2 cm³/mol. The van der Waals surface area contributed by atoms with E-state index in [1.165, 1.54) is 81.8 Å². The molecule has 0 amide bonds. The molecule has 1 rings (SSSR count). The summed E-state index contributed by atoms with van der Waals surface area (Å²) in [6, 6.07) is 2.25. The van der Waals surface area contributed by atoms with Crippen molar-refractivity contribution >= 4 is 15.9 Å². The predicted octanol–water partition coefficient (Wildman–Crippen LogP) is 6.62. The molecule has 0 spiro atoms. The van der Waals surface area contributed by atoms with Gasteiger partial charge in [-0.15, -0.1) is 0 Å². The minimum Gasteiger partial charge on any atom is -0.249 e. The molecule has 0 radical (unpaired) electrons. The molecule has 0 aliphatic carbocycles. The molecule has 20 heavy (non-hydrogen) atoms. The fourth-order valence-corrected chi connectivity index (χ4v) is 2.79. The van der Waals surface area contributed by atoms with E-state index >= 15 is 0 Å². The number of nitrogens with zero attached hydrogens (tertiary/aromatic N) is 1. The maximum absolute atomic E-state index is 4.36. The van der Waals surface area contributed by atoms with Crippen molar-refractivity contribution in [2.75, 3.05) is 0 Å². The SMILES string of the molecule is CCCCCCCCCCCCc1cnc(Br)c(C)c1. The molecule has 0 aromatic carbocycles. The molecule has 2 heteroatoms. The first-order valence-electron chi connectivity index (χ1n) is 8.35. The van der Waals surface area contributed by atoms with Crippen LogP contribution in [0.4, 0.5) is 0 Å². The smallest absolute Gasteiger partial charge is 0.108 e. The zero-order valence-electron chi connectivity index (χ0n) is 13.3. The summed E-state index contributed by atoms with van der Waals surface area (Å²) in [4.78, 5) is 4.36. The largest absolute Gasteiger partial charge is 0.249 e. The Morgan fingerprint density at radius 2 is 1.45 bits per heavy atom. The second kappa shape index (κ2) is 11.3. The van der Waals surface area contributed by atoms with Crippen LogP contribution in [0.25, 0.3) is 0 Å². The first-order chi connectivity index (χ1) is 9.74. The Hall–Kier alpha value is -0.370.